The quantitative estimate of drug-likeness (QED) is 0.757. The van der Waals surface area contributed by atoms with Crippen molar-refractivity contribution in [2.45, 2.75) is 6.92 Å². The third kappa shape index (κ3) is 2.98. The lowest BCUT2D eigenvalue weighted by molar-refractivity contribution is -0.0444. The highest BCUT2D eigenvalue weighted by atomic mass is 31.2. The van der Waals surface area contributed by atoms with E-state index < -0.39 is 25.2 Å². The molecule has 0 radical (unpaired) electrons. The lowest BCUT2D eigenvalue weighted by Crippen LogP contribution is -2.00. The summed E-state index contributed by atoms with van der Waals surface area (Å²) in [4.78, 5) is 0. The van der Waals surface area contributed by atoms with E-state index in [2.05, 4.69) is 13.8 Å². The molecule has 1 unspecified atom stereocenters. The lowest BCUT2D eigenvalue weighted by atomic mass is 10.3. The first kappa shape index (κ1) is 13.0. The number of hydrogen-bond donors (Lipinski definition) is 0. The molecule has 0 N–H and O–H groups in total. The molecule has 0 aliphatic rings. The summed E-state index contributed by atoms with van der Waals surface area (Å²) in [6, 6.07) is 2.88. The molecule has 90 valence electrons. The largest absolute Gasteiger partial charge is 0.561 e. The summed E-state index contributed by atoms with van der Waals surface area (Å²) in [5.41, 5.74) is 0. The van der Waals surface area contributed by atoms with Crippen LogP contribution in [-0.2, 0) is 13.8 Å². The monoisotopic (exact) mass is 256 g/mol. The molecule has 16 heavy (non-hydrogen) atoms. The molecule has 1 atom stereocenters. The predicted octanol–water partition coefficient (Wildman–Crippen LogP) is 3.39. The standard InChI is InChI=1S/C8H8F3O4P/c1-2-13-16(12,15-11)14-7-5-3-4-6(9)8(7)10/h3-5H,2H2,1H3. The van der Waals surface area contributed by atoms with Crippen molar-refractivity contribution in [3.05, 3.63) is 29.8 Å². The SMILES string of the molecule is CCOP(=O)(OF)Oc1cccc(F)c1F. The van der Waals surface area contributed by atoms with Crippen LogP contribution in [0.3, 0.4) is 0 Å². The first-order chi connectivity index (χ1) is 7.52. The molecular formula is C8H8F3O4P. The average molecular weight is 256 g/mol. The van der Waals surface area contributed by atoms with Crippen molar-refractivity contribution in [2.24, 2.45) is 0 Å². The van der Waals surface area contributed by atoms with E-state index in [0.717, 1.165) is 18.2 Å². The van der Waals surface area contributed by atoms with Crippen LogP contribution in [-0.4, -0.2) is 6.61 Å². The maximum atomic E-state index is 13.1. The smallest absolute Gasteiger partial charge is 0.399 e. The zero-order chi connectivity index (χ0) is 12.2. The van der Waals surface area contributed by atoms with Crippen LogP contribution in [0, 0.1) is 11.6 Å². The highest BCUT2D eigenvalue weighted by Crippen LogP contribution is 2.50. The molecule has 1 aromatic rings. The van der Waals surface area contributed by atoms with Crippen LogP contribution in [0.1, 0.15) is 6.92 Å². The second kappa shape index (κ2) is 5.34. The summed E-state index contributed by atoms with van der Waals surface area (Å²) in [6.45, 7) is 1.22. The number of phosphoric ester groups is 1. The van der Waals surface area contributed by atoms with Crippen molar-refractivity contribution in [1.29, 1.82) is 0 Å². The van der Waals surface area contributed by atoms with Gasteiger partial charge in [0.2, 0.25) is 5.82 Å². The van der Waals surface area contributed by atoms with Gasteiger partial charge < -0.3 is 4.52 Å². The van der Waals surface area contributed by atoms with E-state index in [0.29, 0.717) is 0 Å². The van der Waals surface area contributed by atoms with Gasteiger partial charge in [0.1, 0.15) is 0 Å². The molecule has 0 aromatic heterocycles. The predicted molar refractivity (Wildman–Crippen MR) is 48.4 cm³/mol. The van der Waals surface area contributed by atoms with Gasteiger partial charge in [0.05, 0.1) is 6.61 Å². The number of benzene rings is 1. The van der Waals surface area contributed by atoms with Gasteiger partial charge in [-0.2, -0.15) is 4.39 Å². The lowest BCUT2D eigenvalue weighted by Gasteiger charge is -2.13. The molecule has 1 rings (SSSR count). The normalized spacial score (nSPS) is 14.5. The van der Waals surface area contributed by atoms with Crippen molar-refractivity contribution < 1.29 is 31.6 Å². The van der Waals surface area contributed by atoms with E-state index in [-0.39, 0.29) is 6.61 Å². The number of hydrogen-bond acceptors (Lipinski definition) is 4. The van der Waals surface area contributed by atoms with Crippen LogP contribution < -0.4 is 4.52 Å². The first-order valence-corrected chi connectivity index (χ1v) is 5.67. The zero-order valence-corrected chi connectivity index (χ0v) is 9.05. The fourth-order valence-corrected chi connectivity index (χ4v) is 1.71. The minimum Gasteiger partial charge on any atom is -0.399 e. The molecule has 0 heterocycles. The Morgan fingerprint density at radius 1 is 1.38 bits per heavy atom. The van der Waals surface area contributed by atoms with Gasteiger partial charge in [0.25, 0.3) is 0 Å². The summed E-state index contributed by atoms with van der Waals surface area (Å²) >= 11 is 0. The molecule has 0 saturated heterocycles. The van der Waals surface area contributed by atoms with Crippen LogP contribution in [0.15, 0.2) is 18.2 Å². The van der Waals surface area contributed by atoms with Gasteiger partial charge in [-0.15, -0.1) is 0 Å². The third-order valence-corrected chi connectivity index (χ3v) is 2.66. The molecule has 0 amide bonds. The van der Waals surface area contributed by atoms with Gasteiger partial charge in [0, 0.05) is 0 Å². The second-order valence-corrected chi connectivity index (χ2v) is 4.05. The minimum atomic E-state index is -4.54. The molecule has 4 nitrogen and oxygen atoms in total. The highest BCUT2D eigenvalue weighted by Gasteiger charge is 2.31. The van der Waals surface area contributed by atoms with Gasteiger partial charge >= 0.3 is 7.82 Å². The van der Waals surface area contributed by atoms with E-state index in [1.54, 1.807) is 0 Å². The molecule has 0 aliphatic carbocycles. The van der Waals surface area contributed by atoms with Crippen molar-refractivity contribution in [2.75, 3.05) is 6.61 Å². The fraction of sp³-hybridized carbons (Fsp3) is 0.250. The van der Waals surface area contributed by atoms with Crippen LogP contribution >= 0.6 is 7.82 Å². The highest BCUT2D eigenvalue weighted by molar-refractivity contribution is 7.48. The summed E-state index contributed by atoms with van der Waals surface area (Å²) in [6.07, 6.45) is 0. The van der Waals surface area contributed by atoms with Crippen LogP contribution in [0.2, 0.25) is 0 Å². The molecule has 1 aromatic carbocycles. The third-order valence-electron chi connectivity index (χ3n) is 1.50. The Balaban J connectivity index is 2.95. The van der Waals surface area contributed by atoms with E-state index in [4.69, 9.17) is 0 Å². The molecule has 0 bridgehead atoms. The van der Waals surface area contributed by atoms with Crippen molar-refractivity contribution >= 4 is 7.82 Å². The number of halogens is 3. The molecule has 0 spiro atoms. The molecule has 0 aliphatic heterocycles. The van der Waals surface area contributed by atoms with Gasteiger partial charge in [0.15, 0.2) is 11.6 Å². The Morgan fingerprint density at radius 3 is 2.62 bits per heavy atom. The van der Waals surface area contributed by atoms with Crippen molar-refractivity contribution in [1.82, 2.24) is 0 Å². The Kier molecular flexibility index (Phi) is 4.35. The molecule has 0 fully saturated rings. The maximum absolute atomic E-state index is 13.1. The van der Waals surface area contributed by atoms with Crippen LogP contribution in [0.25, 0.3) is 0 Å². The van der Waals surface area contributed by atoms with Crippen LogP contribution in [0.5, 0.6) is 5.75 Å². The zero-order valence-electron chi connectivity index (χ0n) is 8.15. The average Bonchev–Trinajstić information content (AvgIpc) is 2.25. The van der Waals surface area contributed by atoms with Crippen LogP contribution in [0.4, 0.5) is 13.3 Å². The molecule has 8 heteroatoms. The Bertz CT molecular complexity index is 412. The first-order valence-electron chi connectivity index (χ1n) is 4.21. The van der Waals surface area contributed by atoms with E-state index in [1.807, 2.05) is 0 Å². The number of phosphoric acid groups is 1. The summed E-state index contributed by atoms with van der Waals surface area (Å²) in [5, 5.41) is 0. The van der Waals surface area contributed by atoms with Crippen molar-refractivity contribution in [3.8, 4) is 5.75 Å². The van der Waals surface area contributed by atoms with Gasteiger partial charge in [-0.25, -0.2) is 8.96 Å². The summed E-state index contributed by atoms with van der Waals surface area (Å²) < 4.78 is 60.6. The fourth-order valence-electron chi connectivity index (χ4n) is 0.893. The van der Waals surface area contributed by atoms with E-state index >= 15 is 0 Å². The molecular weight excluding hydrogens is 248 g/mol. The number of rotatable bonds is 5. The van der Waals surface area contributed by atoms with Crippen molar-refractivity contribution in [3.63, 3.8) is 0 Å². The van der Waals surface area contributed by atoms with E-state index in [1.165, 1.54) is 6.92 Å². The Morgan fingerprint density at radius 2 is 2.06 bits per heavy atom. The van der Waals surface area contributed by atoms with Gasteiger partial charge in [-0.05, 0) is 23.6 Å². The topological polar surface area (TPSA) is 44.8 Å². The van der Waals surface area contributed by atoms with Gasteiger partial charge in [-0.1, -0.05) is 10.8 Å². The Hall–Kier alpha value is -1.04. The van der Waals surface area contributed by atoms with Gasteiger partial charge in [-0.3, -0.25) is 4.52 Å². The molecule has 0 saturated carbocycles. The maximum Gasteiger partial charge on any atom is 0.561 e. The van der Waals surface area contributed by atoms with E-state index in [9.17, 15) is 17.9 Å². The Labute approximate surface area is 89.4 Å². The summed E-state index contributed by atoms with van der Waals surface area (Å²) in [7, 11) is -4.54. The second-order valence-electron chi connectivity index (χ2n) is 2.58. The summed E-state index contributed by atoms with van der Waals surface area (Å²) in [5.74, 6) is -3.38. The minimum absolute atomic E-state index is 0.182.